The normalized spacial score (nSPS) is 12.0. The molecule has 1 atom stereocenters. The Bertz CT molecular complexity index is 451. The Kier molecular flexibility index (Phi) is 8.50. The molecule has 0 spiro atoms. The smallest absolute Gasteiger partial charge is 0.344 e. The standard InChI is InChI=1S/C15H20Cl2O4/c1-3-4-7-19-9-11(2)21-15(18)10-20-14-6-5-12(16)8-13(14)17/h5-6,8,11H,3-4,7,9-10H2,1-2H3/t11-/m0/s1. The molecule has 0 heterocycles. The molecule has 0 amide bonds. The third-order valence-corrected chi connectivity index (χ3v) is 3.10. The number of esters is 1. The van der Waals surface area contributed by atoms with E-state index in [0.29, 0.717) is 29.0 Å². The second-order valence-electron chi connectivity index (χ2n) is 4.59. The van der Waals surface area contributed by atoms with Crippen LogP contribution in [0.5, 0.6) is 5.75 Å². The molecule has 0 saturated carbocycles. The fraction of sp³-hybridized carbons (Fsp3) is 0.533. The molecule has 0 aliphatic rings. The molecule has 21 heavy (non-hydrogen) atoms. The van der Waals surface area contributed by atoms with Gasteiger partial charge in [-0.25, -0.2) is 4.79 Å². The first kappa shape index (κ1) is 18.1. The largest absolute Gasteiger partial charge is 0.480 e. The highest BCUT2D eigenvalue weighted by atomic mass is 35.5. The molecule has 0 aromatic heterocycles. The molecule has 1 rings (SSSR count). The van der Waals surface area contributed by atoms with Gasteiger partial charge in [0.2, 0.25) is 0 Å². The Morgan fingerprint density at radius 1 is 1.33 bits per heavy atom. The predicted octanol–water partition coefficient (Wildman–Crippen LogP) is 4.12. The maximum Gasteiger partial charge on any atom is 0.344 e. The van der Waals surface area contributed by atoms with Crippen molar-refractivity contribution in [1.82, 2.24) is 0 Å². The van der Waals surface area contributed by atoms with Gasteiger partial charge in [0.15, 0.2) is 6.61 Å². The van der Waals surface area contributed by atoms with Gasteiger partial charge >= 0.3 is 5.97 Å². The fourth-order valence-electron chi connectivity index (χ4n) is 1.52. The molecule has 1 aromatic rings. The highest BCUT2D eigenvalue weighted by Crippen LogP contribution is 2.27. The van der Waals surface area contributed by atoms with Crippen LogP contribution in [0.3, 0.4) is 0 Å². The molecule has 0 bridgehead atoms. The molecule has 0 unspecified atom stereocenters. The third kappa shape index (κ3) is 7.55. The maximum atomic E-state index is 11.6. The summed E-state index contributed by atoms with van der Waals surface area (Å²) in [5.41, 5.74) is 0. The zero-order valence-electron chi connectivity index (χ0n) is 12.2. The number of hydrogen-bond acceptors (Lipinski definition) is 4. The molecule has 1 aromatic carbocycles. The van der Waals surface area contributed by atoms with Crippen LogP contribution >= 0.6 is 23.2 Å². The Balaban J connectivity index is 2.27. The number of benzene rings is 1. The van der Waals surface area contributed by atoms with Crippen molar-refractivity contribution in [2.45, 2.75) is 32.8 Å². The van der Waals surface area contributed by atoms with Crippen LogP contribution in [0.4, 0.5) is 0 Å². The van der Waals surface area contributed by atoms with Gasteiger partial charge in [-0.1, -0.05) is 36.5 Å². The van der Waals surface area contributed by atoms with E-state index in [0.717, 1.165) is 12.8 Å². The zero-order valence-corrected chi connectivity index (χ0v) is 13.7. The number of ether oxygens (including phenoxy) is 3. The highest BCUT2D eigenvalue weighted by molar-refractivity contribution is 6.35. The molecular weight excluding hydrogens is 315 g/mol. The van der Waals surface area contributed by atoms with Crippen molar-refractivity contribution in [2.75, 3.05) is 19.8 Å². The number of hydrogen-bond donors (Lipinski definition) is 0. The Hall–Kier alpha value is -0.970. The SMILES string of the molecule is CCCCOC[C@H](C)OC(=O)COc1ccc(Cl)cc1Cl. The average molecular weight is 335 g/mol. The van der Waals surface area contributed by atoms with Crippen LogP contribution in [0.15, 0.2) is 18.2 Å². The number of carbonyl (C=O) groups excluding carboxylic acids is 1. The van der Waals surface area contributed by atoms with Crippen molar-refractivity contribution in [3.63, 3.8) is 0 Å². The molecule has 6 heteroatoms. The van der Waals surface area contributed by atoms with E-state index in [9.17, 15) is 4.79 Å². The van der Waals surface area contributed by atoms with E-state index >= 15 is 0 Å². The first-order valence-electron chi connectivity index (χ1n) is 6.88. The second-order valence-corrected chi connectivity index (χ2v) is 5.44. The van der Waals surface area contributed by atoms with E-state index < -0.39 is 5.97 Å². The summed E-state index contributed by atoms with van der Waals surface area (Å²) in [6.07, 6.45) is 1.77. The molecule has 118 valence electrons. The monoisotopic (exact) mass is 334 g/mol. The van der Waals surface area contributed by atoms with Gasteiger partial charge in [0.1, 0.15) is 11.9 Å². The molecule has 0 radical (unpaired) electrons. The van der Waals surface area contributed by atoms with Crippen LogP contribution in [0.2, 0.25) is 10.0 Å². The van der Waals surface area contributed by atoms with Gasteiger partial charge < -0.3 is 14.2 Å². The predicted molar refractivity (Wildman–Crippen MR) is 83.2 cm³/mol. The second kappa shape index (κ2) is 9.87. The van der Waals surface area contributed by atoms with Gasteiger partial charge in [0.05, 0.1) is 11.6 Å². The lowest BCUT2D eigenvalue weighted by molar-refractivity contribution is -0.153. The molecule has 0 N–H and O–H groups in total. The summed E-state index contributed by atoms with van der Waals surface area (Å²) in [6, 6.07) is 4.79. The molecule has 0 aliphatic heterocycles. The van der Waals surface area contributed by atoms with Crippen LogP contribution in [-0.4, -0.2) is 31.9 Å². The zero-order chi connectivity index (χ0) is 15.7. The van der Waals surface area contributed by atoms with Gasteiger partial charge in [-0.15, -0.1) is 0 Å². The number of unbranched alkanes of at least 4 members (excludes halogenated alkanes) is 1. The Labute approximate surface area is 135 Å². The molecular formula is C15H20Cl2O4. The van der Waals surface area contributed by atoms with Crippen molar-refractivity contribution in [2.24, 2.45) is 0 Å². The van der Waals surface area contributed by atoms with E-state index in [1.807, 2.05) is 0 Å². The topological polar surface area (TPSA) is 44.8 Å². The van der Waals surface area contributed by atoms with E-state index in [4.69, 9.17) is 37.4 Å². The number of rotatable bonds is 9. The first-order chi connectivity index (χ1) is 10.0. The fourth-order valence-corrected chi connectivity index (χ4v) is 1.98. The summed E-state index contributed by atoms with van der Waals surface area (Å²) in [6.45, 7) is 4.72. The quantitative estimate of drug-likeness (QED) is 0.503. The summed E-state index contributed by atoms with van der Waals surface area (Å²) in [4.78, 5) is 11.6. The first-order valence-corrected chi connectivity index (χ1v) is 7.63. The molecule has 4 nitrogen and oxygen atoms in total. The minimum Gasteiger partial charge on any atom is -0.480 e. The highest BCUT2D eigenvalue weighted by Gasteiger charge is 2.11. The minimum absolute atomic E-state index is 0.208. The molecule has 0 saturated heterocycles. The minimum atomic E-state index is -0.465. The average Bonchev–Trinajstić information content (AvgIpc) is 2.42. The summed E-state index contributed by atoms with van der Waals surface area (Å²) < 4.78 is 15.8. The lowest BCUT2D eigenvalue weighted by Crippen LogP contribution is -2.24. The van der Waals surface area contributed by atoms with E-state index in [2.05, 4.69) is 6.92 Å². The van der Waals surface area contributed by atoms with Gasteiger partial charge in [-0.3, -0.25) is 0 Å². The van der Waals surface area contributed by atoms with E-state index in [1.165, 1.54) is 0 Å². The number of carbonyl (C=O) groups is 1. The molecule has 0 fully saturated rings. The van der Waals surface area contributed by atoms with Gasteiger partial charge in [0, 0.05) is 11.6 Å². The van der Waals surface area contributed by atoms with Crippen molar-refractivity contribution < 1.29 is 19.0 Å². The van der Waals surface area contributed by atoms with Gasteiger partial charge in [0.25, 0.3) is 0 Å². The van der Waals surface area contributed by atoms with Crippen LogP contribution in [-0.2, 0) is 14.3 Å². The van der Waals surface area contributed by atoms with Crippen molar-refractivity contribution in [1.29, 1.82) is 0 Å². The summed E-state index contributed by atoms with van der Waals surface area (Å²) >= 11 is 11.7. The number of halogens is 2. The maximum absolute atomic E-state index is 11.6. The van der Waals surface area contributed by atoms with Crippen molar-refractivity contribution in [3.8, 4) is 5.75 Å². The van der Waals surface area contributed by atoms with Crippen LogP contribution < -0.4 is 4.74 Å². The van der Waals surface area contributed by atoms with Gasteiger partial charge in [-0.05, 0) is 31.5 Å². The summed E-state index contributed by atoms with van der Waals surface area (Å²) in [7, 11) is 0. The Morgan fingerprint density at radius 2 is 2.10 bits per heavy atom. The van der Waals surface area contributed by atoms with Crippen molar-refractivity contribution in [3.05, 3.63) is 28.2 Å². The van der Waals surface area contributed by atoms with E-state index in [-0.39, 0.29) is 12.7 Å². The van der Waals surface area contributed by atoms with Crippen LogP contribution in [0, 0.1) is 0 Å². The third-order valence-electron chi connectivity index (χ3n) is 2.57. The van der Waals surface area contributed by atoms with Crippen molar-refractivity contribution >= 4 is 29.2 Å². The Morgan fingerprint density at radius 3 is 2.76 bits per heavy atom. The van der Waals surface area contributed by atoms with Crippen LogP contribution in [0.1, 0.15) is 26.7 Å². The lowest BCUT2D eigenvalue weighted by Gasteiger charge is -2.14. The van der Waals surface area contributed by atoms with Crippen LogP contribution in [0.25, 0.3) is 0 Å². The summed E-state index contributed by atoms with van der Waals surface area (Å²) in [5, 5.41) is 0.860. The molecule has 0 aliphatic carbocycles. The lowest BCUT2D eigenvalue weighted by atomic mass is 10.3. The van der Waals surface area contributed by atoms with E-state index in [1.54, 1.807) is 25.1 Å². The van der Waals surface area contributed by atoms with Gasteiger partial charge in [-0.2, -0.15) is 0 Å². The summed E-state index contributed by atoms with van der Waals surface area (Å²) in [5.74, 6) is -0.0718.